The number of amides is 1. The lowest BCUT2D eigenvalue weighted by Gasteiger charge is -2.16. The number of benzene rings is 3. The summed E-state index contributed by atoms with van der Waals surface area (Å²) in [7, 11) is 0. The maximum absolute atomic E-state index is 11.1. The van der Waals surface area contributed by atoms with Gasteiger partial charge in [-0.05, 0) is 29.3 Å². The number of anilines is 2. The van der Waals surface area contributed by atoms with Gasteiger partial charge in [-0.3, -0.25) is 14.6 Å². The number of carboxylic acids is 1. The molecule has 0 aliphatic rings. The molecule has 1 aromatic heterocycles. The number of aliphatic carboxylic acids is 1. The summed E-state index contributed by atoms with van der Waals surface area (Å²) in [6.07, 6.45) is 1.53. The van der Waals surface area contributed by atoms with Crippen LogP contribution in [0, 0.1) is 0 Å². The maximum Gasteiger partial charge on any atom is 0.324 e. The lowest BCUT2D eigenvalue weighted by atomic mass is 10.0. The number of rotatable bonds is 10. The van der Waals surface area contributed by atoms with Crippen LogP contribution in [-0.4, -0.2) is 53.0 Å². The highest BCUT2D eigenvalue weighted by Gasteiger charge is 2.13. The van der Waals surface area contributed by atoms with E-state index in [2.05, 4.69) is 20.9 Å². The van der Waals surface area contributed by atoms with Crippen molar-refractivity contribution < 1.29 is 19.2 Å². The number of fused-ring (bicyclic) bond motifs is 1. The number of carbonyl (C=O) groups excluding carboxylic acids is 1. The highest BCUT2D eigenvalue weighted by atomic mass is 35.5. The zero-order valence-corrected chi connectivity index (χ0v) is 20.2. The molecule has 0 unspecified atom stereocenters. The van der Waals surface area contributed by atoms with E-state index in [1.165, 1.54) is 18.1 Å². The van der Waals surface area contributed by atoms with Crippen molar-refractivity contribution in [2.24, 2.45) is 5.10 Å². The zero-order valence-electron chi connectivity index (χ0n) is 19.4. The van der Waals surface area contributed by atoms with Crippen LogP contribution < -0.4 is 10.6 Å². The van der Waals surface area contributed by atoms with Crippen LogP contribution in [0.15, 0.2) is 76.4 Å². The fourth-order valence-corrected chi connectivity index (χ4v) is 3.85. The second-order valence-electron chi connectivity index (χ2n) is 7.95. The van der Waals surface area contributed by atoms with Crippen molar-refractivity contribution in [3.8, 4) is 11.1 Å². The van der Waals surface area contributed by atoms with Gasteiger partial charge in [0.15, 0.2) is 11.4 Å². The predicted octanol–water partition coefficient (Wildman–Crippen LogP) is 4.75. The first-order valence-electron chi connectivity index (χ1n) is 11.2. The molecule has 3 aromatic carbocycles. The molecule has 0 spiro atoms. The average molecular weight is 506 g/mol. The summed E-state index contributed by atoms with van der Waals surface area (Å²) in [6.45, 7) is 1.64. The van der Waals surface area contributed by atoms with Crippen LogP contribution in [0.5, 0.6) is 0 Å². The molecule has 36 heavy (non-hydrogen) atoms. The Bertz CT molecular complexity index is 1400. The van der Waals surface area contributed by atoms with E-state index >= 15 is 0 Å². The number of carbonyl (C=O) groups is 2. The van der Waals surface area contributed by atoms with Gasteiger partial charge in [-0.2, -0.15) is 5.10 Å². The summed E-state index contributed by atoms with van der Waals surface area (Å²) in [6, 6.07) is 21.0. The average Bonchev–Trinajstić information content (AvgIpc) is 3.25. The third-order valence-electron chi connectivity index (χ3n) is 5.26. The van der Waals surface area contributed by atoms with E-state index in [9.17, 15) is 9.59 Å². The van der Waals surface area contributed by atoms with Crippen molar-refractivity contribution in [3.05, 3.63) is 77.3 Å². The first-order valence-corrected chi connectivity index (χ1v) is 11.5. The molecule has 0 aliphatic carbocycles. The smallest absolute Gasteiger partial charge is 0.324 e. The predicted molar refractivity (Wildman–Crippen MR) is 140 cm³/mol. The van der Waals surface area contributed by atoms with Gasteiger partial charge in [0.2, 0.25) is 5.91 Å². The van der Waals surface area contributed by atoms with Gasteiger partial charge in [0.25, 0.3) is 0 Å². The minimum absolute atomic E-state index is 0.192. The summed E-state index contributed by atoms with van der Waals surface area (Å²) >= 11 is 6.69. The summed E-state index contributed by atoms with van der Waals surface area (Å²) in [4.78, 5) is 22.2. The Balaban J connectivity index is 1.51. The van der Waals surface area contributed by atoms with Crippen LogP contribution in [0.25, 0.3) is 22.1 Å². The highest BCUT2D eigenvalue weighted by Crippen LogP contribution is 2.36. The largest absolute Gasteiger partial charge is 0.480 e. The Hall–Kier alpha value is -4.37. The first-order chi connectivity index (χ1) is 17.4. The zero-order chi connectivity index (χ0) is 25.5. The van der Waals surface area contributed by atoms with Gasteiger partial charge in [-0.15, -0.1) is 0 Å². The molecular weight excluding hydrogens is 482 g/mol. The number of hydrogen-bond acceptors (Lipinski definition) is 7. The normalized spacial score (nSPS) is 11.1. The van der Waals surface area contributed by atoms with Crippen LogP contribution in [0.1, 0.15) is 12.5 Å². The molecule has 184 valence electrons. The van der Waals surface area contributed by atoms with Crippen LogP contribution >= 0.6 is 11.6 Å². The molecule has 0 aliphatic heterocycles. The molecule has 0 saturated carbocycles. The molecule has 9 nitrogen and oxygen atoms in total. The van der Waals surface area contributed by atoms with E-state index in [1.54, 1.807) is 6.07 Å². The third kappa shape index (κ3) is 6.19. The molecule has 0 atom stereocenters. The Morgan fingerprint density at radius 1 is 1.14 bits per heavy atom. The number of hydrazone groups is 1. The second-order valence-corrected chi connectivity index (χ2v) is 8.33. The topological polar surface area (TPSA) is 120 Å². The van der Waals surface area contributed by atoms with Gasteiger partial charge in [-0.1, -0.05) is 65.3 Å². The van der Waals surface area contributed by atoms with Crippen LogP contribution in [0.3, 0.4) is 0 Å². The fraction of sp³-hybridized carbons (Fsp3) is 0.154. The lowest BCUT2D eigenvalue weighted by Crippen LogP contribution is -2.34. The van der Waals surface area contributed by atoms with E-state index in [1.807, 2.05) is 60.7 Å². The molecule has 1 heterocycles. The molecule has 0 fully saturated rings. The number of carboxylic acid groups (broad SMARTS) is 1. The minimum atomic E-state index is -1.02. The molecule has 1 amide bonds. The highest BCUT2D eigenvalue weighted by molar-refractivity contribution is 6.36. The third-order valence-corrected chi connectivity index (χ3v) is 5.67. The van der Waals surface area contributed by atoms with Crippen LogP contribution in [0.4, 0.5) is 11.5 Å². The van der Waals surface area contributed by atoms with Crippen molar-refractivity contribution in [2.45, 2.75) is 6.92 Å². The van der Waals surface area contributed by atoms with Crippen LogP contribution in [0.2, 0.25) is 5.02 Å². The number of aromatic nitrogens is 1. The van der Waals surface area contributed by atoms with Gasteiger partial charge in [-0.25, -0.2) is 0 Å². The van der Waals surface area contributed by atoms with Gasteiger partial charge in [0.1, 0.15) is 6.54 Å². The van der Waals surface area contributed by atoms with Gasteiger partial charge in [0, 0.05) is 19.0 Å². The Morgan fingerprint density at radius 3 is 2.69 bits per heavy atom. The summed E-state index contributed by atoms with van der Waals surface area (Å²) in [5.74, 6) is -0.697. The van der Waals surface area contributed by atoms with E-state index < -0.39 is 5.97 Å². The van der Waals surface area contributed by atoms with E-state index in [4.69, 9.17) is 21.2 Å². The van der Waals surface area contributed by atoms with Gasteiger partial charge >= 0.3 is 5.97 Å². The monoisotopic (exact) mass is 505 g/mol. The standard InChI is InChI=1S/C26H24ClN5O4/c1-17(33)28-12-13-32(16-24(34)35)29-15-18-10-11-21-23(14-18)36-31-26(21)30-22-9-5-8-20(25(22)27)19-6-3-2-4-7-19/h2-11,14-15H,12-13,16H2,1H3,(H,28,33)(H,30,31)(H,34,35). The van der Waals surface area contributed by atoms with Crippen molar-refractivity contribution >= 4 is 52.2 Å². The van der Waals surface area contributed by atoms with Crippen LogP contribution in [-0.2, 0) is 9.59 Å². The van der Waals surface area contributed by atoms with E-state index in [0.29, 0.717) is 27.7 Å². The SMILES string of the molecule is CC(=O)NCCN(CC(=O)O)N=Cc1ccc2c(Nc3cccc(-c4ccccc4)c3Cl)noc2c1. The quantitative estimate of drug-likeness (QED) is 0.210. The fourth-order valence-electron chi connectivity index (χ4n) is 3.56. The Morgan fingerprint density at radius 2 is 1.94 bits per heavy atom. The molecule has 0 saturated heterocycles. The number of nitrogens with zero attached hydrogens (tertiary/aromatic N) is 3. The maximum atomic E-state index is 11.1. The lowest BCUT2D eigenvalue weighted by molar-refractivity contribution is -0.138. The van der Waals surface area contributed by atoms with Gasteiger partial charge < -0.3 is 20.3 Å². The molecular formula is C26H24ClN5O4. The Labute approximate surface area is 212 Å². The summed E-state index contributed by atoms with van der Waals surface area (Å²) < 4.78 is 5.51. The molecule has 4 rings (SSSR count). The second kappa shape index (κ2) is 11.4. The number of halogens is 1. The summed E-state index contributed by atoms with van der Waals surface area (Å²) in [5.41, 5.74) is 3.83. The minimum Gasteiger partial charge on any atom is -0.480 e. The molecule has 3 N–H and O–H groups in total. The summed E-state index contributed by atoms with van der Waals surface area (Å²) in [5, 5.41) is 26.1. The van der Waals surface area contributed by atoms with Crippen molar-refractivity contribution in [3.63, 3.8) is 0 Å². The molecule has 0 bridgehead atoms. The molecule has 4 aromatic rings. The molecule has 10 heteroatoms. The number of nitrogens with one attached hydrogen (secondary N) is 2. The van der Waals surface area contributed by atoms with Crippen molar-refractivity contribution in [1.82, 2.24) is 15.5 Å². The molecule has 0 radical (unpaired) electrons. The number of hydrogen-bond donors (Lipinski definition) is 3. The Kier molecular flexibility index (Phi) is 7.82. The van der Waals surface area contributed by atoms with E-state index in [0.717, 1.165) is 16.5 Å². The van der Waals surface area contributed by atoms with Crippen molar-refractivity contribution in [2.75, 3.05) is 25.0 Å². The van der Waals surface area contributed by atoms with E-state index in [-0.39, 0.29) is 25.5 Å². The first kappa shape index (κ1) is 24.7. The van der Waals surface area contributed by atoms with Gasteiger partial charge in [0.05, 0.1) is 28.9 Å². The van der Waals surface area contributed by atoms with Crippen molar-refractivity contribution in [1.29, 1.82) is 0 Å².